The third-order valence-corrected chi connectivity index (χ3v) is 2.41. The Kier molecular flexibility index (Phi) is 1.86. The van der Waals surface area contributed by atoms with Gasteiger partial charge in [0.25, 0.3) is 0 Å². The molecule has 0 saturated carbocycles. The van der Waals surface area contributed by atoms with Crippen LogP contribution in [0.1, 0.15) is 4.88 Å². The van der Waals surface area contributed by atoms with Crippen LogP contribution in [0.4, 0.5) is 0 Å². The summed E-state index contributed by atoms with van der Waals surface area (Å²) in [7, 11) is 0. The van der Waals surface area contributed by atoms with Crippen molar-refractivity contribution in [3.63, 3.8) is 0 Å². The topological polar surface area (TPSA) is 0 Å². The van der Waals surface area contributed by atoms with E-state index in [2.05, 4.69) is 22.5 Å². The number of rotatable bonds is 1. The van der Waals surface area contributed by atoms with E-state index in [1.54, 1.807) is 11.3 Å². The normalized spacial score (nSPS) is 9.12. The molecule has 0 bridgehead atoms. The molecule has 8 heavy (non-hydrogen) atoms. The van der Waals surface area contributed by atoms with E-state index in [1.165, 1.54) is 4.88 Å². The molecule has 1 heterocycles. The third kappa shape index (κ3) is 1.20. The number of hydrogen-bond donors (Lipinski definition) is 0. The summed E-state index contributed by atoms with van der Waals surface area (Å²) in [5.74, 6) is 0. The van der Waals surface area contributed by atoms with E-state index in [9.17, 15) is 0 Å². The molecule has 42 valence electrons. The lowest BCUT2D eigenvalue weighted by molar-refractivity contribution is 1.96. The van der Waals surface area contributed by atoms with Crippen molar-refractivity contribution >= 4 is 31.7 Å². The van der Waals surface area contributed by atoms with Gasteiger partial charge in [0.15, 0.2) is 0 Å². The van der Waals surface area contributed by atoms with Crippen LogP contribution >= 0.6 is 27.3 Å². The van der Waals surface area contributed by atoms with Gasteiger partial charge in [-0.3, -0.25) is 0 Å². The summed E-state index contributed by atoms with van der Waals surface area (Å²) in [5, 5.41) is 2.03. The summed E-state index contributed by atoms with van der Waals surface area (Å²) in [6, 6.07) is 4.04. The number of hydrogen-bond acceptors (Lipinski definition) is 1. The quantitative estimate of drug-likeness (QED) is 0.636. The van der Waals surface area contributed by atoms with E-state index in [1.807, 2.05) is 17.5 Å². The highest BCUT2D eigenvalue weighted by atomic mass is 79.9. The predicted octanol–water partition coefficient (Wildman–Crippen LogP) is 3.11. The van der Waals surface area contributed by atoms with E-state index in [0.29, 0.717) is 0 Å². The van der Waals surface area contributed by atoms with Crippen LogP contribution in [-0.2, 0) is 0 Å². The van der Waals surface area contributed by atoms with Crippen molar-refractivity contribution in [1.82, 2.24) is 0 Å². The van der Waals surface area contributed by atoms with Crippen LogP contribution in [0.5, 0.6) is 0 Å². The first-order valence-corrected chi connectivity index (χ1v) is 3.86. The van der Waals surface area contributed by atoms with Crippen LogP contribution < -0.4 is 0 Å². The summed E-state index contributed by atoms with van der Waals surface area (Å²) >= 11 is 4.96. The molecule has 0 aliphatic heterocycles. The van der Waals surface area contributed by atoms with Crippen LogP contribution in [-0.4, -0.2) is 0 Å². The van der Waals surface area contributed by atoms with E-state index in [0.717, 1.165) is 4.48 Å². The fraction of sp³-hybridized carbons (Fsp3) is 0. The molecule has 0 radical (unpaired) electrons. The SMILES string of the molecule is C=C(Br)c1cccs1. The Bertz CT molecular complexity index is 176. The summed E-state index contributed by atoms with van der Waals surface area (Å²) < 4.78 is 0.965. The average Bonchev–Trinajstić information content (AvgIpc) is 2.12. The molecule has 1 aromatic rings. The maximum Gasteiger partial charge on any atom is 0.0406 e. The maximum atomic E-state index is 3.72. The van der Waals surface area contributed by atoms with Crippen molar-refractivity contribution in [2.24, 2.45) is 0 Å². The van der Waals surface area contributed by atoms with Gasteiger partial charge in [0.1, 0.15) is 0 Å². The number of thiophene rings is 1. The summed E-state index contributed by atoms with van der Waals surface area (Å²) in [6.07, 6.45) is 0. The Balaban J connectivity index is 2.93. The van der Waals surface area contributed by atoms with Gasteiger partial charge in [0.2, 0.25) is 0 Å². The van der Waals surface area contributed by atoms with Gasteiger partial charge in [-0.25, -0.2) is 0 Å². The van der Waals surface area contributed by atoms with Gasteiger partial charge in [0, 0.05) is 9.36 Å². The molecule has 0 nitrogen and oxygen atoms in total. The minimum Gasteiger partial charge on any atom is -0.143 e. The van der Waals surface area contributed by atoms with Gasteiger partial charge < -0.3 is 0 Å². The maximum absolute atomic E-state index is 3.72. The van der Waals surface area contributed by atoms with Crippen LogP contribution in [0.2, 0.25) is 0 Å². The van der Waals surface area contributed by atoms with Gasteiger partial charge in [-0.15, -0.1) is 11.3 Å². The Hall–Kier alpha value is -0.0800. The second kappa shape index (κ2) is 2.46. The predicted molar refractivity (Wildman–Crippen MR) is 42.3 cm³/mol. The molecule has 0 unspecified atom stereocenters. The van der Waals surface area contributed by atoms with Gasteiger partial charge in [-0.2, -0.15) is 0 Å². The zero-order chi connectivity index (χ0) is 5.98. The fourth-order valence-corrected chi connectivity index (χ4v) is 1.43. The zero-order valence-corrected chi connectivity index (χ0v) is 6.63. The molecule has 0 aliphatic carbocycles. The van der Waals surface area contributed by atoms with E-state index < -0.39 is 0 Å². The van der Waals surface area contributed by atoms with Crippen molar-refractivity contribution in [2.75, 3.05) is 0 Å². The lowest BCUT2D eigenvalue weighted by atomic mass is 10.5. The van der Waals surface area contributed by atoms with Crippen molar-refractivity contribution in [1.29, 1.82) is 0 Å². The fourth-order valence-electron chi connectivity index (χ4n) is 0.433. The molecule has 2 heteroatoms. The minimum absolute atomic E-state index is 0.965. The van der Waals surface area contributed by atoms with E-state index in [4.69, 9.17) is 0 Å². The monoisotopic (exact) mass is 188 g/mol. The smallest absolute Gasteiger partial charge is 0.0406 e. The van der Waals surface area contributed by atoms with Gasteiger partial charge >= 0.3 is 0 Å². The largest absolute Gasteiger partial charge is 0.143 e. The molecule has 0 aliphatic rings. The van der Waals surface area contributed by atoms with Crippen LogP contribution in [0.3, 0.4) is 0 Å². The van der Waals surface area contributed by atoms with Gasteiger partial charge in [0.05, 0.1) is 0 Å². The van der Waals surface area contributed by atoms with Crippen molar-refractivity contribution in [3.8, 4) is 0 Å². The molecule has 0 saturated heterocycles. The molecule has 0 amide bonds. The Morgan fingerprint density at radius 1 is 1.75 bits per heavy atom. The first-order chi connectivity index (χ1) is 3.80. The molecule has 0 atom stereocenters. The van der Waals surface area contributed by atoms with Crippen molar-refractivity contribution in [2.45, 2.75) is 0 Å². The zero-order valence-electron chi connectivity index (χ0n) is 4.23. The highest BCUT2D eigenvalue weighted by molar-refractivity contribution is 9.15. The minimum atomic E-state index is 0.965. The van der Waals surface area contributed by atoms with Gasteiger partial charge in [-0.05, 0) is 27.4 Å². The molecule has 0 spiro atoms. The molecule has 0 fully saturated rings. The highest BCUT2D eigenvalue weighted by Crippen LogP contribution is 2.22. The standard InChI is InChI=1S/C6H5BrS/c1-5(7)6-3-2-4-8-6/h2-4H,1H2. The summed E-state index contributed by atoms with van der Waals surface area (Å²) in [4.78, 5) is 1.20. The van der Waals surface area contributed by atoms with Crippen molar-refractivity contribution in [3.05, 3.63) is 29.0 Å². The van der Waals surface area contributed by atoms with E-state index in [-0.39, 0.29) is 0 Å². The average molecular weight is 189 g/mol. The first-order valence-electron chi connectivity index (χ1n) is 2.19. The molecule has 0 aromatic carbocycles. The Labute approximate surface area is 61.0 Å². The third-order valence-electron chi connectivity index (χ3n) is 0.789. The lowest BCUT2D eigenvalue weighted by Gasteiger charge is -1.84. The molecule has 0 N–H and O–H groups in total. The van der Waals surface area contributed by atoms with E-state index >= 15 is 0 Å². The molecular weight excluding hydrogens is 184 g/mol. The summed E-state index contributed by atoms with van der Waals surface area (Å²) in [6.45, 7) is 3.72. The Morgan fingerprint density at radius 3 is 2.75 bits per heavy atom. The summed E-state index contributed by atoms with van der Waals surface area (Å²) in [5.41, 5.74) is 0. The Morgan fingerprint density at radius 2 is 2.50 bits per heavy atom. The second-order valence-corrected chi connectivity index (χ2v) is 3.29. The van der Waals surface area contributed by atoms with Crippen molar-refractivity contribution < 1.29 is 0 Å². The van der Waals surface area contributed by atoms with Crippen LogP contribution in [0.15, 0.2) is 24.1 Å². The second-order valence-electron chi connectivity index (χ2n) is 1.38. The first kappa shape index (κ1) is 6.05. The van der Waals surface area contributed by atoms with Crippen LogP contribution in [0, 0.1) is 0 Å². The lowest BCUT2D eigenvalue weighted by Crippen LogP contribution is -1.56. The molecule has 1 aromatic heterocycles. The van der Waals surface area contributed by atoms with Crippen LogP contribution in [0.25, 0.3) is 4.48 Å². The van der Waals surface area contributed by atoms with Gasteiger partial charge in [-0.1, -0.05) is 12.6 Å². The number of halogens is 1. The highest BCUT2D eigenvalue weighted by Gasteiger charge is 1.90. The molecule has 1 rings (SSSR count). The molecular formula is C6H5BrS.